The number of aromatic nitrogens is 1. The van der Waals surface area contributed by atoms with Crippen LogP contribution in [0, 0.1) is 10.1 Å². The maximum atomic E-state index is 13.2. The van der Waals surface area contributed by atoms with Crippen LogP contribution >= 0.6 is 23.7 Å². The fourth-order valence-electron chi connectivity index (χ4n) is 2.87. The van der Waals surface area contributed by atoms with Gasteiger partial charge in [0, 0.05) is 30.3 Å². The summed E-state index contributed by atoms with van der Waals surface area (Å²) >= 11 is 1.41. The number of hydrogen-bond donors (Lipinski definition) is 0. The van der Waals surface area contributed by atoms with Gasteiger partial charge in [-0.15, -0.1) is 12.4 Å². The number of hydrogen-bond acceptors (Lipinski definition) is 7. The van der Waals surface area contributed by atoms with Crippen LogP contribution < -0.4 is 9.64 Å². The molecule has 0 aliphatic rings. The smallest absolute Gasteiger partial charge is 0.270 e. The molecule has 8 nitrogen and oxygen atoms in total. The fourth-order valence-corrected chi connectivity index (χ4v) is 3.85. The molecular formula is C20H23ClN4O4S. The molecule has 0 spiro atoms. The van der Waals surface area contributed by atoms with E-state index in [1.165, 1.54) is 29.5 Å². The number of thiazole rings is 1. The van der Waals surface area contributed by atoms with Crippen LogP contribution in [0.2, 0.25) is 0 Å². The minimum absolute atomic E-state index is 0. The van der Waals surface area contributed by atoms with Crippen LogP contribution in [0.1, 0.15) is 16.8 Å². The first-order valence-electron chi connectivity index (χ1n) is 9.04. The number of non-ortho nitro benzene ring substituents is 1. The molecule has 10 heteroatoms. The van der Waals surface area contributed by atoms with E-state index in [1.807, 2.05) is 37.2 Å². The zero-order valence-electron chi connectivity index (χ0n) is 16.9. The normalized spacial score (nSPS) is 10.7. The Bertz CT molecular complexity index is 1040. The van der Waals surface area contributed by atoms with E-state index < -0.39 is 4.92 Å². The summed E-state index contributed by atoms with van der Waals surface area (Å²) in [7, 11) is 5.53. The molecule has 0 unspecified atom stereocenters. The average Bonchev–Trinajstić information content (AvgIpc) is 3.13. The molecule has 0 radical (unpaired) electrons. The molecule has 30 heavy (non-hydrogen) atoms. The lowest BCUT2D eigenvalue weighted by molar-refractivity contribution is -0.384. The number of carbonyl (C=O) groups excluding carboxylic acids is 1. The maximum absolute atomic E-state index is 13.2. The first-order chi connectivity index (χ1) is 13.9. The van der Waals surface area contributed by atoms with Gasteiger partial charge in [0.1, 0.15) is 5.75 Å². The van der Waals surface area contributed by atoms with Gasteiger partial charge in [-0.1, -0.05) is 17.4 Å². The van der Waals surface area contributed by atoms with E-state index in [1.54, 1.807) is 18.1 Å². The van der Waals surface area contributed by atoms with Crippen molar-refractivity contribution in [3.63, 3.8) is 0 Å². The molecule has 160 valence electrons. The van der Waals surface area contributed by atoms with E-state index in [9.17, 15) is 14.9 Å². The molecule has 0 saturated carbocycles. The van der Waals surface area contributed by atoms with E-state index in [-0.39, 0.29) is 29.6 Å². The largest absolute Gasteiger partial charge is 0.497 e. The molecule has 1 heterocycles. The van der Waals surface area contributed by atoms with Gasteiger partial charge < -0.3 is 9.64 Å². The molecule has 0 aliphatic heterocycles. The van der Waals surface area contributed by atoms with Gasteiger partial charge in [-0.25, -0.2) is 4.98 Å². The number of halogens is 1. The van der Waals surface area contributed by atoms with Crippen LogP contribution in [0.25, 0.3) is 10.2 Å². The number of amides is 1. The monoisotopic (exact) mass is 450 g/mol. The number of nitro groups is 1. The Morgan fingerprint density at radius 1 is 1.20 bits per heavy atom. The van der Waals surface area contributed by atoms with Crippen LogP contribution in [0.4, 0.5) is 10.8 Å². The van der Waals surface area contributed by atoms with Gasteiger partial charge in [-0.2, -0.15) is 0 Å². The van der Waals surface area contributed by atoms with Crippen molar-refractivity contribution in [1.82, 2.24) is 9.88 Å². The number of nitrogens with zero attached hydrogens (tertiary/aromatic N) is 4. The van der Waals surface area contributed by atoms with E-state index in [2.05, 4.69) is 4.98 Å². The molecule has 0 bridgehead atoms. The van der Waals surface area contributed by atoms with Crippen molar-refractivity contribution in [3.05, 3.63) is 58.1 Å². The molecule has 0 fully saturated rings. The number of methoxy groups -OCH3 is 1. The van der Waals surface area contributed by atoms with Gasteiger partial charge in [0.2, 0.25) is 0 Å². The Balaban J connectivity index is 0.00000320. The van der Waals surface area contributed by atoms with Crippen LogP contribution in [-0.4, -0.2) is 55.0 Å². The standard InChI is InChI=1S/C20H22N4O4S.ClH/c1-22(2)10-5-11-23(19(25)14-6-4-7-15(12-14)24(26)27)20-21-17-13-16(28-3)8-9-18(17)29-20;/h4,6-9,12-13H,5,10-11H2,1-3H3;1H. The Labute approximate surface area is 184 Å². The quantitative estimate of drug-likeness (QED) is 0.377. The zero-order chi connectivity index (χ0) is 21.0. The fraction of sp³-hybridized carbons (Fsp3) is 0.300. The summed E-state index contributed by atoms with van der Waals surface area (Å²) < 4.78 is 6.19. The predicted molar refractivity (Wildman–Crippen MR) is 121 cm³/mol. The summed E-state index contributed by atoms with van der Waals surface area (Å²) in [4.78, 5) is 32.1. The molecule has 1 amide bonds. The second-order valence-electron chi connectivity index (χ2n) is 6.75. The van der Waals surface area contributed by atoms with Crippen LogP contribution in [-0.2, 0) is 0 Å². The van der Waals surface area contributed by atoms with Crippen molar-refractivity contribution in [3.8, 4) is 5.75 Å². The lowest BCUT2D eigenvalue weighted by Gasteiger charge is -2.21. The lowest BCUT2D eigenvalue weighted by Crippen LogP contribution is -2.33. The molecule has 3 aromatic rings. The molecule has 3 rings (SSSR count). The van der Waals surface area contributed by atoms with Gasteiger partial charge in [0.25, 0.3) is 11.6 Å². The number of fused-ring (bicyclic) bond motifs is 1. The van der Waals surface area contributed by atoms with E-state index in [0.29, 0.717) is 17.4 Å². The first kappa shape index (κ1) is 23.5. The third-order valence-electron chi connectivity index (χ3n) is 4.35. The second-order valence-corrected chi connectivity index (χ2v) is 7.76. The van der Waals surface area contributed by atoms with Gasteiger partial charge in [0.05, 0.1) is 22.2 Å². The van der Waals surface area contributed by atoms with Crippen LogP contribution in [0.5, 0.6) is 5.75 Å². The van der Waals surface area contributed by atoms with E-state index in [4.69, 9.17) is 4.74 Å². The molecule has 1 aromatic heterocycles. The maximum Gasteiger partial charge on any atom is 0.270 e. The van der Waals surface area contributed by atoms with Crippen molar-refractivity contribution in [2.24, 2.45) is 0 Å². The number of ether oxygens (including phenoxy) is 1. The van der Waals surface area contributed by atoms with Gasteiger partial charge in [-0.3, -0.25) is 19.8 Å². The van der Waals surface area contributed by atoms with E-state index in [0.717, 1.165) is 23.2 Å². The molecule has 0 aliphatic carbocycles. The average molecular weight is 451 g/mol. The van der Waals surface area contributed by atoms with Crippen molar-refractivity contribution in [2.75, 3.05) is 39.2 Å². The number of benzene rings is 2. The second kappa shape index (κ2) is 10.3. The highest BCUT2D eigenvalue weighted by Crippen LogP contribution is 2.32. The molecule has 0 N–H and O–H groups in total. The topological polar surface area (TPSA) is 88.8 Å². The number of rotatable bonds is 8. The van der Waals surface area contributed by atoms with Crippen molar-refractivity contribution >= 4 is 50.7 Å². The highest BCUT2D eigenvalue weighted by Gasteiger charge is 2.23. The van der Waals surface area contributed by atoms with Gasteiger partial charge in [0.15, 0.2) is 5.13 Å². The summed E-state index contributed by atoms with van der Waals surface area (Å²) in [5, 5.41) is 11.7. The van der Waals surface area contributed by atoms with Crippen LogP contribution in [0.3, 0.4) is 0 Å². The third-order valence-corrected chi connectivity index (χ3v) is 5.41. The number of carbonyl (C=O) groups is 1. The summed E-state index contributed by atoms with van der Waals surface area (Å²) in [5.74, 6) is 0.386. The summed E-state index contributed by atoms with van der Waals surface area (Å²) in [6, 6.07) is 11.4. The highest BCUT2D eigenvalue weighted by molar-refractivity contribution is 7.22. The Morgan fingerprint density at radius 3 is 2.63 bits per heavy atom. The lowest BCUT2D eigenvalue weighted by atomic mass is 10.1. The Morgan fingerprint density at radius 2 is 1.97 bits per heavy atom. The summed E-state index contributed by atoms with van der Waals surface area (Å²) in [5.41, 5.74) is 0.896. The molecule has 0 saturated heterocycles. The van der Waals surface area contributed by atoms with Crippen LogP contribution in [0.15, 0.2) is 42.5 Å². The molecule has 0 atom stereocenters. The summed E-state index contributed by atoms with van der Waals surface area (Å²) in [6.45, 7) is 1.26. The summed E-state index contributed by atoms with van der Waals surface area (Å²) in [6.07, 6.45) is 0.743. The minimum Gasteiger partial charge on any atom is -0.497 e. The van der Waals surface area contributed by atoms with Crippen molar-refractivity contribution < 1.29 is 14.5 Å². The zero-order valence-corrected chi connectivity index (χ0v) is 18.5. The molecular weight excluding hydrogens is 428 g/mol. The number of anilines is 1. The van der Waals surface area contributed by atoms with E-state index >= 15 is 0 Å². The van der Waals surface area contributed by atoms with Crippen molar-refractivity contribution in [2.45, 2.75) is 6.42 Å². The number of nitro benzene ring substituents is 1. The predicted octanol–water partition coefficient (Wildman–Crippen LogP) is 4.23. The van der Waals surface area contributed by atoms with Crippen molar-refractivity contribution in [1.29, 1.82) is 0 Å². The highest BCUT2D eigenvalue weighted by atomic mass is 35.5. The third kappa shape index (κ3) is 5.44. The molecule has 2 aromatic carbocycles. The van der Waals surface area contributed by atoms with Gasteiger partial charge >= 0.3 is 0 Å². The minimum atomic E-state index is -0.503. The Kier molecular flexibility index (Phi) is 8.10. The SMILES string of the molecule is COc1ccc2sc(N(CCCN(C)C)C(=O)c3cccc([N+](=O)[O-])c3)nc2c1.Cl. The Hall–Kier alpha value is -2.75. The van der Waals surface area contributed by atoms with Gasteiger partial charge in [-0.05, 0) is 45.3 Å². The first-order valence-corrected chi connectivity index (χ1v) is 9.86.